The minimum absolute atomic E-state index is 0.221. The van der Waals surface area contributed by atoms with E-state index in [1.54, 1.807) is 24.3 Å². The van der Waals surface area contributed by atoms with E-state index in [1.807, 2.05) is 38.1 Å². The number of nitrogens with zero attached hydrogens (tertiary/aromatic N) is 2. The minimum Gasteiger partial charge on any atom is -0.462 e. The molecular weight excluding hydrogens is 382 g/mol. The maximum Gasteiger partial charge on any atom is 0.338 e. The molecule has 0 aliphatic heterocycles. The maximum atomic E-state index is 12.6. The number of hydrogen-bond donors (Lipinski definition) is 1. The predicted octanol–water partition coefficient (Wildman–Crippen LogP) is 3.75. The average Bonchev–Trinajstić information content (AvgIpc) is 2.75. The first-order valence-corrected chi connectivity index (χ1v) is 9.73. The van der Waals surface area contributed by atoms with Gasteiger partial charge in [0.25, 0.3) is 5.91 Å². The van der Waals surface area contributed by atoms with Gasteiger partial charge in [-0.2, -0.15) is 5.10 Å². The Morgan fingerprint density at radius 3 is 2.40 bits per heavy atom. The van der Waals surface area contributed by atoms with Crippen LogP contribution in [-0.4, -0.2) is 28.3 Å². The van der Waals surface area contributed by atoms with Gasteiger partial charge in [0, 0.05) is 18.0 Å². The van der Waals surface area contributed by atoms with Crippen molar-refractivity contribution in [1.82, 2.24) is 9.78 Å². The molecule has 0 fully saturated rings. The normalized spacial score (nSPS) is 10.5. The van der Waals surface area contributed by atoms with E-state index in [2.05, 4.69) is 10.4 Å². The maximum absolute atomic E-state index is 12.6. The molecule has 154 valence electrons. The molecule has 0 aliphatic carbocycles. The fraction of sp³-hybridized carbons (Fsp3) is 0.217. The van der Waals surface area contributed by atoms with Crippen LogP contribution in [0.2, 0.25) is 0 Å². The average molecular weight is 405 g/mol. The number of nitrogens with one attached hydrogen (secondary N) is 1. The van der Waals surface area contributed by atoms with E-state index in [0.717, 1.165) is 24.1 Å². The Hall–Kier alpha value is -3.74. The number of aromatic nitrogens is 2. The first kappa shape index (κ1) is 21.0. The molecule has 0 saturated heterocycles. The van der Waals surface area contributed by atoms with Gasteiger partial charge in [-0.25, -0.2) is 9.48 Å². The third-order valence-corrected chi connectivity index (χ3v) is 4.43. The molecule has 0 unspecified atom stereocenters. The number of ether oxygens (including phenoxy) is 1. The van der Waals surface area contributed by atoms with Gasteiger partial charge in [-0.3, -0.25) is 9.59 Å². The van der Waals surface area contributed by atoms with E-state index >= 15 is 0 Å². The Morgan fingerprint density at radius 2 is 1.73 bits per heavy atom. The van der Waals surface area contributed by atoms with Crippen molar-refractivity contribution in [3.8, 4) is 5.69 Å². The minimum atomic E-state index is -0.625. The van der Waals surface area contributed by atoms with Crippen molar-refractivity contribution in [2.75, 3.05) is 11.9 Å². The quantitative estimate of drug-likeness (QED) is 0.478. The van der Waals surface area contributed by atoms with Crippen LogP contribution in [0.1, 0.15) is 46.2 Å². The van der Waals surface area contributed by atoms with Crippen molar-refractivity contribution < 1.29 is 14.3 Å². The summed E-state index contributed by atoms with van der Waals surface area (Å²) in [6.45, 7) is 4.36. The Morgan fingerprint density at radius 1 is 1.03 bits per heavy atom. The van der Waals surface area contributed by atoms with Gasteiger partial charge in [-0.15, -0.1) is 0 Å². The number of esters is 1. The van der Waals surface area contributed by atoms with Crippen LogP contribution in [0.15, 0.2) is 65.6 Å². The highest BCUT2D eigenvalue weighted by molar-refractivity contribution is 6.03. The Balaban J connectivity index is 1.73. The lowest BCUT2D eigenvalue weighted by molar-refractivity contribution is 0.0499. The second kappa shape index (κ2) is 9.65. The van der Waals surface area contributed by atoms with Crippen LogP contribution in [-0.2, 0) is 4.74 Å². The molecule has 30 heavy (non-hydrogen) atoms. The van der Waals surface area contributed by atoms with Crippen LogP contribution in [0, 0.1) is 6.92 Å². The molecule has 1 heterocycles. The van der Waals surface area contributed by atoms with Crippen LogP contribution in [0.5, 0.6) is 0 Å². The summed E-state index contributed by atoms with van der Waals surface area (Å²) in [5.74, 6) is -1.04. The number of carbonyl (C=O) groups is 2. The molecule has 3 aromatic rings. The number of carbonyl (C=O) groups excluding carboxylic acids is 2. The van der Waals surface area contributed by atoms with Crippen molar-refractivity contribution in [3.05, 3.63) is 87.8 Å². The molecule has 0 bridgehead atoms. The molecule has 7 heteroatoms. The fourth-order valence-corrected chi connectivity index (χ4v) is 2.68. The molecule has 7 nitrogen and oxygen atoms in total. The lowest BCUT2D eigenvalue weighted by atomic mass is 10.2. The molecule has 3 rings (SSSR count). The van der Waals surface area contributed by atoms with Gasteiger partial charge < -0.3 is 10.1 Å². The molecule has 1 aromatic heterocycles. The number of hydrogen-bond acceptors (Lipinski definition) is 5. The molecule has 1 amide bonds. The lowest BCUT2D eigenvalue weighted by Crippen LogP contribution is -2.25. The van der Waals surface area contributed by atoms with Gasteiger partial charge in [0.2, 0.25) is 5.43 Å². The van der Waals surface area contributed by atoms with Crippen molar-refractivity contribution in [1.29, 1.82) is 0 Å². The molecular formula is C23H23N3O4. The molecule has 0 spiro atoms. The molecule has 0 aliphatic rings. The standard InChI is InChI=1S/C23H23N3O4/c1-3-4-15-30-23(29)17-7-9-18(10-8-17)24-22(28)21-20(27)13-14-26(25-21)19-11-5-16(2)6-12-19/h5-14H,3-4,15H2,1-2H3,(H,24,28). The summed E-state index contributed by atoms with van der Waals surface area (Å²) in [7, 11) is 0. The second-order valence-corrected chi connectivity index (χ2v) is 6.83. The van der Waals surface area contributed by atoms with Gasteiger partial charge >= 0.3 is 5.97 Å². The summed E-state index contributed by atoms with van der Waals surface area (Å²) in [4.78, 5) is 36.7. The van der Waals surface area contributed by atoms with E-state index in [0.29, 0.717) is 17.9 Å². The molecule has 0 saturated carbocycles. The van der Waals surface area contributed by atoms with Crippen molar-refractivity contribution in [2.45, 2.75) is 26.7 Å². The Bertz CT molecular complexity index is 1090. The number of unbranched alkanes of at least 4 members (excludes halogenated alkanes) is 1. The van der Waals surface area contributed by atoms with Crippen molar-refractivity contribution >= 4 is 17.6 Å². The van der Waals surface area contributed by atoms with Gasteiger partial charge in [-0.05, 0) is 49.7 Å². The SMILES string of the molecule is CCCCOC(=O)c1ccc(NC(=O)c2nn(-c3ccc(C)cc3)ccc2=O)cc1. The molecule has 1 N–H and O–H groups in total. The highest BCUT2D eigenvalue weighted by atomic mass is 16.5. The smallest absolute Gasteiger partial charge is 0.338 e. The van der Waals surface area contributed by atoms with Crippen LogP contribution >= 0.6 is 0 Å². The zero-order valence-corrected chi connectivity index (χ0v) is 16.9. The summed E-state index contributed by atoms with van der Waals surface area (Å²) in [5, 5.41) is 6.81. The zero-order chi connectivity index (χ0) is 21.5. The van der Waals surface area contributed by atoms with Crippen LogP contribution in [0.4, 0.5) is 5.69 Å². The molecule has 0 radical (unpaired) electrons. The monoisotopic (exact) mass is 405 g/mol. The fourth-order valence-electron chi connectivity index (χ4n) is 2.68. The third kappa shape index (κ3) is 5.20. The van der Waals surface area contributed by atoms with Crippen LogP contribution < -0.4 is 10.7 Å². The summed E-state index contributed by atoms with van der Waals surface area (Å²) in [6.07, 6.45) is 3.27. The summed E-state index contributed by atoms with van der Waals surface area (Å²) in [5.41, 5.74) is 1.96. The second-order valence-electron chi connectivity index (χ2n) is 6.83. The van der Waals surface area contributed by atoms with E-state index < -0.39 is 17.3 Å². The highest BCUT2D eigenvalue weighted by Gasteiger charge is 2.14. The van der Waals surface area contributed by atoms with Gasteiger partial charge in [0.05, 0.1) is 17.9 Å². The van der Waals surface area contributed by atoms with Crippen LogP contribution in [0.3, 0.4) is 0 Å². The lowest BCUT2D eigenvalue weighted by Gasteiger charge is -2.09. The van der Waals surface area contributed by atoms with Crippen molar-refractivity contribution in [2.24, 2.45) is 0 Å². The predicted molar refractivity (Wildman–Crippen MR) is 114 cm³/mol. The number of aryl methyl sites for hydroxylation is 1. The molecule has 2 aromatic carbocycles. The van der Waals surface area contributed by atoms with Crippen LogP contribution in [0.25, 0.3) is 5.69 Å². The van der Waals surface area contributed by atoms with Crippen molar-refractivity contribution in [3.63, 3.8) is 0 Å². The topological polar surface area (TPSA) is 90.3 Å². The number of anilines is 1. The first-order chi connectivity index (χ1) is 14.5. The zero-order valence-electron chi connectivity index (χ0n) is 16.9. The number of benzene rings is 2. The number of amides is 1. The largest absolute Gasteiger partial charge is 0.462 e. The van der Waals surface area contributed by atoms with Gasteiger partial charge in [0.15, 0.2) is 5.69 Å². The highest BCUT2D eigenvalue weighted by Crippen LogP contribution is 2.12. The first-order valence-electron chi connectivity index (χ1n) is 9.73. The van der Waals surface area contributed by atoms with E-state index in [9.17, 15) is 14.4 Å². The van der Waals surface area contributed by atoms with Gasteiger partial charge in [0.1, 0.15) is 0 Å². The van der Waals surface area contributed by atoms with E-state index in [1.165, 1.54) is 16.9 Å². The third-order valence-electron chi connectivity index (χ3n) is 4.43. The Labute approximate surface area is 174 Å². The summed E-state index contributed by atoms with van der Waals surface area (Å²) in [6, 6.07) is 15.1. The van der Waals surface area contributed by atoms with E-state index in [4.69, 9.17) is 4.74 Å². The van der Waals surface area contributed by atoms with E-state index in [-0.39, 0.29) is 5.69 Å². The summed E-state index contributed by atoms with van der Waals surface area (Å²) >= 11 is 0. The molecule has 0 atom stereocenters. The summed E-state index contributed by atoms with van der Waals surface area (Å²) < 4.78 is 6.63. The Kier molecular flexibility index (Phi) is 6.75. The van der Waals surface area contributed by atoms with Gasteiger partial charge in [-0.1, -0.05) is 31.0 Å². The number of rotatable bonds is 7.